The Morgan fingerprint density at radius 1 is 1.38 bits per heavy atom. The molecule has 4 heteroatoms. The summed E-state index contributed by atoms with van der Waals surface area (Å²) in [4.78, 5) is 2.26. The summed E-state index contributed by atoms with van der Waals surface area (Å²) in [5, 5.41) is 0. The largest absolute Gasteiger partial charge is 0.488 e. The minimum absolute atomic E-state index is 0.153. The molecule has 0 atom stereocenters. The van der Waals surface area contributed by atoms with Crippen LogP contribution in [0.3, 0.4) is 0 Å². The van der Waals surface area contributed by atoms with Crippen molar-refractivity contribution >= 4 is 5.69 Å². The van der Waals surface area contributed by atoms with Crippen LogP contribution < -0.4 is 10.5 Å². The average molecular weight is 224 g/mol. The highest BCUT2D eigenvalue weighted by Crippen LogP contribution is 2.25. The molecule has 1 aromatic rings. The van der Waals surface area contributed by atoms with Gasteiger partial charge in [-0.15, -0.1) is 0 Å². The molecule has 16 heavy (non-hydrogen) atoms. The number of hydrogen-bond acceptors (Lipinski definition) is 3. The first kappa shape index (κ1) is 11.2. The van der Waals surface area contributed by atoms with Crippen molar-refractivity contribution in [1.82, 2.24) is 4.90 Å². The van der Waals surface area contributed by atoms with Gasteiger partial charge in [0.1, 0.15) is 17.7 Å². The summed E-state index contributed by atoms with van der Waals surface area (Å²) < 4.78 is 18.7. The predicted molar refractivity (Wildman–Crippen MR) is 62.0 cm³/mol. The minimum atomic E-state index is -0.308. The minimum Gasteiger partial charge on any atom is -0.488 e. The number of nitrogens with two attached hydrogens (primary N) is 1. The molecule has 2 rings (SSSR count). The van der Waals surface area contributed by atoms with Crippen LogP contribution in [0.25, 0.3) is 0 Å². The van der Waals surface area contributed by atoms with E-state index < -0.39 is 0 Å². The number of nitrogens with zero attached hydrogens (tertiary/aromatic N) is 1. The van der Waals surface area contributed by atoms with Gasteiger partial charge in [0.2, 0.25) is 0 Å². The first-order valence-electron chi connectivity index (χ1n) is 5.55. The summed E-state index contributed by atoms with van der Waals surface area (Å²) in [5.41, 5.74) is 6.23. The quantitative estimate of drug-likeness (QED) is 0.779. The van der Waals surface area contributed by atoms with Crippen molar-refractivity contribution in [3.8, 4) is 5.75 Å². The molecule has 1 saturated heterocycles. The molecule has 0 radical (unpaired) electrons. The standard InChI is InChI=1S/C12H17FN2O/c1-15-6-4-10(5-7-15)16-12-8-9(13)2-3-11(12)14/h2-3,8,10H,4-7,14H2,1H3. The van der Waals surface area contributed by atoms with E-state index in [2.05, 4.69) is 11.9 Å². The van der Waals surface area contributed by atoms with Crippen LogP contribution in [-0.4, -0.2) is 31.1 Å². The van der Waals surface area contributed by atoms with E-state index in [1.807, 2.05) is 0 Å². The van der Waals surface area contributed by atoms with E-state index in [-0.39, 0.29) is 11.9 Å². The molecule has 0 aliphatic carbocycles. The van der Waals surface area contributed by atoms with Gasteiger partial charge < -0.3 is 15.4 Å². The molecule has 1 aliphatic heterocycles. The van der Waals surface area contributed by atoms with Crippen LogP contribution >= 0.6 is 0 Å². The average Bonchev–Trinajstić information content (AvgIpc) is 2.27. The van der Waals surface area contributed by atoms with Gasteiger partial charge >= 0.3 is 0 Å². The maximum Gasteiger partial charge on any atom is 0.145 e. The number of nitrogen functional groups attached to an aromatic ring is 1. The van der Waals surface area contributed by atoms with E-state index in [0.29, 0.717) is 11.4 Å². The van der Waals surface area contributed by atoms with Crippen molar-refractivity contribution in [3.63, 3.8) is 0 Å². The molecule has 0 aromatic heterocycles. The second-order valence-corrected chi connectivity index (χ2v) is 4.30. The number of piperidine rings is 1. The maximum atomic E-state index is 13.0. The van der Waals surface area contributed by atoms with Gasteiger partial charge in [0.15, 0.2) is 0 Å². The summed E-state index contributed by atoms with van der Waals surface area (Å²) in [7, 11) is 2.09. The lowest BCUT2D eigenvalue weighted by molar-refractivity contribution is 0.114. The van der Waals surface area contributed by atoms with Crippen LogP contribution in [0.4, 0.5) is 10.1 Å². The number of halogens is 1. The van der Waals surface area contributed by atoms with Crippen molar-refractivity contribution in [3.05, 3.63) is 24.0 Å². The van der Waals surface area contributed by atoms with Crippen LogP contribution in [0.5, 0.6) is 5.75 Å². The molecule has 0 bridgehead atoms. The normalized spacial score (nSPS) is 18.6. The molecule has 0 unspecified atom stereocenters. The third kappa shape index (κ3) is 2.64. The van der Waals surface area contributed by atoms with Crippen molar-refractivity contribution in [2.24, 2.45) is 0 Å². The van der Waals surface area contributed by atoms with Crippen LogP contribution in [0.2, 0.25) is 0 Å². The molecule has 0 amide bonds. The molecule has 0 spiro atoms. The summed E-state index contributed by atoms with van der Waals surface area (Å²) in [5.74, 6) is 0.159. The van der Waals surface area contributed by atoms with E-state index in [1.165, 1.54) is 12.1 Å². The first-order valence-corrected chi connectivity index (χ1v) is 5.55. The monoisotopic (exact) mass is 224 g/mol. The fraction of sp³-hybridized carbons (Fsp3) is 0.500. The molecule has 88 valence electrons. The second kappa shape index (κ2) is 4.70. The van der Waals surface area contributed by atoms with E-state index in [9.17, 15) is 4.39 Å². The van der Waals surface area contributed by atoms with Gasteiger partial charge in [-0.05, 0) is 32.0 Å². The Balaban J connectivity index is 2.00. The molecule has 3 nitrogen and oxygen atoms in total. The Morgan fingerprint density at radius 3 is 2.75 bits per heavy atom. The summed E-state index contributed by atoms with van der Waals surface area (Å²) in [6.45, 7) is 2.03. The Bertz CT molecular complexity index is 362. The molecule has 1 aromatic carbocycles. The number of anilines is 1. The molecule has 1 aliphatic rings. The number of likely N-dealkylation sites (tertiary alicyclic amines) is 1. The van der Waals surface area contributed by atoms with Gasteiger partial charge in [0.05, 0.1) is 5.69 Å². The Morgan fingerprint density at radius 2 is 2.06 bits per heavy atom. The highest BCUT2D eigenvalue weighted by atomic mass is 19.1. The van der Waals surface area contributed by atoms with Crippen molar-refractivity contribution in [2.45, 2.75) is 18.9 Å². The van der Waals surface area contributed by atoms with Crippen LogP contribution in [0.1, 0.15) is 12.8 Å². The third-order valence-electron chi connectivity index (χ3n) is 2.93. The predicted octanol–water partition coefficient (Wildman–Crippen LogP) is 1.88. The number of benzene rings is 1. The van der Waals surface area contributed by atoms with E-state index >= 15 is 0 Å². The first-order chi connectivity index (χ1) is 7.65. The van der Waals surface area contributed by atoms with Crippen LogP contribution in [-0.2, 0) is 0 Å². The molecule has 0 saturated carbocycles. The lowest BCUT2D eigenvalue weighted by Crippen LogP contribution is -2.35. The van der Waals surface area contributed by atoms with E-state index in [1.54, 1.807) is 6.07 Å². The SMILES string of the molecule is CN1CCC(Oc2cc(F)ccc2N)CC1. The zero-order valence-electron chi connectivity index (χ0n) is 9.45. The zero-order chi connectivity index (χ0) is 11.5. The number of hydrogen-bond donors (Lipinski definition) is 1. The topological polar surface area (TPSA) is 38.5 Å². The lowest BCUT2D eigenvalue weighted by Gasteiger charge is -2.29. The van der Waals surface area contributed by atoms with Crippen LogP contribution in [0, 0.1) is 5.82 Å². The van der Waals surface area contributed by atoms with E-state index in [0.717, 1.165) is 25.9 Å². The van der Waals surface area contributed by atoms with Gasteiger partial charge in [0, 0.05) is 19.2 Å². The Kier molecular flexibility index (Phi) is 3.29. The van der Waals surface area contributed by atoms with Gasteiger partial charge in [0.25, 0.3) is 0 Å². The van der Waals surface area contributed by atoms with Gasteiger partial charge in [-0.25, -0.2) is 4.39 Å². The van der Waals surface area contributed by atoms with Gasteiger partial charge in [-0.2, -0.15) is 0 Å². The Labute approximate surface area is 95.0 Å². The summed E-state index contributed by atoms with van der Waals surface area (Å²) in [6.07, 6.45) is 2.08. The highest BCUT2D eigenvalue weighted by molar-refractivity contribution is 5.52. The maximum absolute atomic E-state index is 13.0. The summed E-state index contributed by atoms with van der Waals surface area (Å²) in [6, 6.07) is 4.24. The van der Waals surface area contributed by atoms with Gasteiger partial charge in [-0.1, -0.05) is 0 Å². The van der Waals surface area contributed by atoms with Crippen molar-refractivity contribution in [1.29, 1.82) is 0 Å². The smallest absolute Gasteiger partial charge is 0.145 e. The highest BCUT2D eigenvalue weighted by Gasteiger charge is 2.18. The fourth-order valence-corrected chi connectivity index (χ4v) is 1.89. The van der Waals surface area contributed by atoms with E-state index in [4.69, 9.17) is 10.5 Å². The lowest BCUT2D eigenvalue weighted by atomic mass is 10.1. The second-order valence-electron chi connectivity index (χ2n) is 4.30. The fourth-order valence-electron chi connectivity index (χ4n) is 1.89. The Hall–Kier alpha value is -1.29. The molecular weight excluding hydrogens is 207 g/mol. The molecule has 1 fully saturated rings. The van der Waals surface area contributed by atoms with Gasteiger partial charge in [-0.3, -0.25) is 0 Å². The molecule has 1 heterocycles. The van der Waals surface area contributed by atoms with Crippen molar-refractivity contribution < 1.29 is 9.13 Å². The van der Waals surface area contributed by atoms with Crippen LogP contribution in [0.15, 0.2) is 18.2 Å². The summed E-state index contributed by atoms with van der Waals surface area (Å²) >= 11 is 0. The number of rotatable bonds is 2. The molecular formula is C12H17FN2O. The molecule has 2 N–H and O–H groups in total. The van der Waals surface area contributed by atoms with Crippen molar-refractivity contribution in [2.75, 3.05) is 25.9 Å². The third-order valence-corrected chi connectivity index (χ3v) is 2.93. The zero-order valence-corrected chi connectivity index (χ0v) is 9.45. The number of ether oxygens (including phenoxy) is 1.